The SMILES string of the molecule is O=[N+]([O-])c1cnc(NCCCn2ccnc2)c(Br)c1. The topological polar surface area (TPSA) is 85.9 Å². The second-order valence-electron chi connectivity index (χ2n) is 3.86. The van der Waals surface area contributed by atoms with Crippen LogP contribution in [0.15, 0.2) is 35.5 Å². The molecular formula is C11H12BrN5O2. The third-order valence-corrected chi connectivity index (χ3v) is 3.09. The minimum absolute atomic E-state index is 0.0316. The zero-order valence-corrected chi connectivity index (χ0v) is 11.6. The number of nitro groups is 1. The highest BCUT2D eigenvalue weighted by Gasteiger charge is 2.09. The van der Waals surface area contributed by atoms with Crippen molar-refractivity contribution in [3.8, 4) is 0 Å². The number of nitrogens with zero attached hydrogens (tertiary/aromatic N) is 4. The lowest BCUT2D eigenvalue weighted by Gasteiger charge is -2.07. The van der Waals surface area contributed by atoms with Crippen LogP contribution in [0, 0.1) is 10.1 Å². The molecule has 0 aromatic carbocycles. The maximum atomic E-state index is 10.6. The van der Waals surface area contributed by atoms with E-state index in [2.05, 4.69) is 31.2 Å². The van der Waals surface area contributed by atoms with E-state index in [4.69, 9.17) is 0 Å². The molecule has 0 saturated carbocycles. The summed E-state index contributed by atoms with van der Waals surface area (Å²) >= 11 is 3.26. The molecule has 0 aliphatic heterocycles. The van der Waals surface area contributed by atoms with E-state index < -0.39 is 4.92 Å². The number of anilines is 1. The molecule has 1 N–H and O–H groups in total. The molecular weight excluding hydrogens is 314 g/mol. The molecule has 0 unspecified atom stereocenters. The lowest BCUT2D eigenvalue weighted by molar-refractivity contribution is -0.385. The second kappa shape index (κ2) is 6.28. The molecule has 0 atom stereocenters. The summed E-state index contributed by atoms with van der Waals surface area (Å²) in [5, 5.41) is 13.7. The summed E-state index contributed by atoms with van der Waals surface area (Å²) in [4.78, 5) is 18.1. The van der Waals surface area contributed by atoms with Gasteiger partial charge in [-0.1, -0.05) is 0 Å². The van der Waals surface area contributed by atoms with Gasteiger partial charge in [0.1, 0.15) is 12.0 Å². The van der Waals surface area contributed by atoms with Crippen LogP contribution in [0.2, 0.25) is 0 Å². The molecule has 19 heavy (non-hydrogen) atoms. The Bertz CT molecular complexity index is 558. The van der Waals surface area contributed by atoms with Gasteiger partial charge in [-0.25, -0.2) is 9.97 Å². The molecule has 0 fully saturated rings. The molecule has 2 aromatic rings. The van der Waals surface area contributed by atoms with Crippen molar-refractivity contribution in [3.63, 3.8) is 0 Å². The maximum Gasteiger partial charge on any atom is 0.288 e. The maximum absolute atomic E-state index is 10.6. The standard InChI is InChI=1S/C11H12BrN5O2/c12-10-6-9(17(18)19)7-15-11(10)14-2-1-4-16-5-3-13-8-16/h3,5-8H,1-2,4H2,(H,14,15). The summed E-state index contributed by atoms with van der Waals surface area (Å²) in [6.45, 7) is 1.58. The molecule has 7 nitrogen and oxygen atoms in total. The Kier molecular flexibility index (Phi) is 4.45. The minimum Gasteiger partial charge on any atom is -0.369 e. The van der Waals surface area contributed by atoms with Gasteiger partial charge in [-0.2, -0.15) is 0 Å². The molecule has 100 valence electrons. The van der Waals surface area contributed by atoms with Crippen molar-refractivity contribution < 1.29 is 4.92 Å². The molecule has 0 radical (unpaired) electrons. The first-order valence-electron chi connectivity index (χ1n) is 5.66. The fourth-order valence-corrected chi connectivity index (χ4v) is 2.02. The Morgan fingerprint density at radius 1 is 1.53 bits per heavy atom. The molecule has 2 rings (SSSR count). The average molecular weight is 326 g/mol. The number of halogens is 1. The van der Waals surface area contributed by atoms with Gasteiger partial charge in [-0.15, -0.1) is 0 Å². The average Bonchev–Trinajstić information content (AvgIpc) is 2.89. The van der Waals surface area contributed by atoms with E-state index in [9.17, 15) is 10.1 Å². The number of imidazole rings is 1. The highest BCUT2D eigenvalue weighted by Crippen LogP contribution is 2.24. The van der Waals surface area contributed by atoms with Gasteiger partial charge in [0, 0.05) is 31.5 Å². The van der Waals surface area contributed by atoms with E-state index in [1.807, 2.05) is 10.8 Å². The zero-order chi connectivity index (χ0) is 13.7. The summed E-state index contributed by atoms with van der Waals surface area (Å²) in [7, 11) is 0. The van der Waals surface area contributed by atoms with Crippen molar-refractivity contribution >= 4 is 27.4 Å². The van der Waals surface area contributed by atoms with Crippen LogP contribution in [0.1, 0.15) is 6.42 Å². The Morgan fingerprint density at radius 2 is 2.37 bits per heavy atom. The first kappa shape index (κ1) is 13.5. The van der Waals surface area contributed by atoms with Crippen molar-refractivity contribution in [1.82, 2.24) is 14.5 Å². The third kappa shape index (κ3) is 3.75. The molecule has 0 bridgehead atoms. The number of hydrogen-bond donors (Lipinski definition) is 1. The summed E-state index contributed by atoms with van der Waals surface area (Å²) < 4.78 is 2.57. The van der Waals surface area contributed by atoms with Gasteiger partial charge < -0.3 is 9.88 Å². The summed E-state index contributed by atoms with van der Waals surface area (Å²) in [6, 6.07) is 1.44. The predicted molar refractivity (Wildman–Crippen MR) is 73.9 cm³/mol. The monoisotopic (exact) mass is 325 g/mol. The van der Waals surface area contributed by atoms with Gasteiger partial charge in [0.05, 0.1) is 15.7 Å². The van der Waals surface area contributed by atoms with Gasteiger partial charge in [0.2, 0.25) is 0 Å². The Labute approximate surface area is 118 Å². The van der Waals surface area contributed by atoms with Crippen LogP contribution in [-0.2, 0) is 6.54 Å². The molecule has 2 aromatic heterocycles. The minimum atomic E-state index is -0.472. The molecule has 0 aliphatic carbocycles. The molecule has 0 amide bonds. The van der Waals surface area contributed by atoms with E-state index in [0.29, 0.717) is 10.3 Å². The zero-order valence-electron chi connectivity index (χ0n) is 9.99. The summed E-state index contributed by atoms with van der Waals surface area (Å²) in [5.74, 6) is 0.608. The first-order chi connectivity index (χ1) is 9.16. The van der Waals surface area contributed by atoms with E-state index >= 15 is 0 Å². The first-order valence-corrected chi connectivity index (χ1v) is 6.45. The number of rotatable bonds is 6. The lowest BCUT2D eigenvalue weighted by atomic mass is 10.4. The van der Waals surface area contributed by atoms with Crippen LogP contribution in [-0.4, -0.2) is 26.0 Å². The van der Waals surface area contributed by atoms with Gasteiger partial charge in [-0.3, -0.25) is 10.1 Å². The molecule has 0 saturated heterocycles. The van der Waals surface area contributed by atoms with Crippen molar-refractivity contribution in [3.05, 3.63) is 45.6 Å². The van der Waals surface area contributed by atoms with Gasteiger partial charge >= 0.3 is 0 Å². The van der Waals surface area contributed by atoms with Crippen molar-refractivity contribution in [2.75, 3.05) is 11.9 Å². The molecule has 0 aliphatic rings. The fourth-order valence-electron chi connectivity index (χ4n) is 1.55. The number of aryl methyl sites for hydroxylation is 1. The smallest absolute Gasteiger partial charge is 0.288 e. The Hall–Kier alpha value is -1.96. The predicted octanol–water partition coefficient (Wildman–Crippen LogP) is 2.45. The number of pyridine rings is 1. The van der Waals surface area contributed by atoms with Crippen LogP contribution >= 0.6 is 15.9 Å². The van der Waals surface area contributed by atoms with Crippen molar-refractivity contribution in [2.24, 2.45) is 0 Å². The summed E-state index contributed by atoms with van der Waals surface area (Å²) in [6.07, 6.45) is 7.55. The van der Waals surface area contributed by atoms with Crippen LogP contribution < -0.4 is 5.32 Å². The molecule has 2 heterocycles. The van der Waals surface area contributed by atoms with Crippen LogP contribution in [0.5, 0.6) is 0 Å². The third-order valence-electron chi connectivity index (χ3n) is 2.48. The normalized spacial score (nSPS) is 10.4. The van der Waals surface area contributed by atoms with Crippen molar-refractivity contribution in [2.45, 2.75) is 13.0 Å². The van der Waals surface area contributed by atoms with E-state index in [1.54, 1.807) is 12.5 Å². The van der Waals surface area contributed by atoms with Crippen LogP contribution in [0.3, 0.4) is 0 Å². The highest BCUT2D eigenvalue weighted by atomic mass is 79.9. The molecule has 8 heteroatoms. The Morgan fingerprint density at radius 3 is 3.00 bits per heavy atom. The second-order valence-corrected chi connectivity index (χ2v) is 4.72. The van der Waals surface area contributed by atoms with Crippen molar-refractivity contribution in [1.29, 1.82) is 0 Å². The van der Waals surface area contributed by atoms with E-state index in [-0.39, 0.29) is 5.69 Å². The lowest BCUT2D eigenvalue weighted by Crippen LogP contribution is -2.07. The number of hydrogen-bond acceptors (Lipinski definition) is 5. The Balaban J connectivity index is 1.84. The van der Waals surface area contributed by atoms with E-state index in [1.165, 1.54) is 12.3 Å². The van der Waals surface area contributed by atoms with Gasteiger partial charge in [0.15, 0.2) is 0 Å². The fraction of sp³-hybridized carbons (Fsp3) is 0.273. The van der Waals surface area contributed by atoms with Crippen LogP contribution in [0.25, 0.3) is 0 Å². The van der Waals surface area contributed by atoms with Gasteiger partial charge in [-0.05, 0) is 22.4 Å². The molecule has 0 spiro atoms. The largest absolute Gasteiger partial charge is 0.369 e. The highest BCUT2D eigenvalue weighted by molar-refractivity contribution is 9.10. The number of nitrogens with one attached hydrogen (secondary N) is 1. The van der Waals surface area contributed by atoms with Gasteiger partial charge in [0.25, 0.3) is 5.69 Å². The van der Waals surface area contributed by atoms with Crippen LogP contribution in [0.4, 0.5) is 11.5 Å². The quantitative estimate of drug-likeness (QED) is 0.501. The van der Waals surface area contributed by atoms with E-state index in [0.717, 1.165) is 19.5 Å². The number of aromatic nitrogens is 3. The summed E-state index contributed by atoms with van der Waals surface area (Å²) in [5.41, 5.74) is -0.0316.